The molecule has 0 aliphatic rings. The molecular formula is C13H11F3N2O. The largest absolute Gasteiger partial charge is 0.435 e. The van der Waals surface area contributed by atoms with E-state index in [4.69, 9.17) is 0 Å². The van der Waals surface area contributed by atoms with Crippen LogP contribution in [0.3, 0.4) is 0 Å². The van der Waals surface area contributed by atoms with Gasteiger partial charge in [0.15, 0.2) is 0 Å². The maximum Gasteiger partial charge on any atom is 0.387 e. The molecule has 1 heterocycles. The summed E-state index contributed by atoms with van der Waals surface area (Å²) in [4.78, 5) is 3.72. The van der Waals surface area contributed by atoms with Crippen molar-refractivity contribution in [2.45, 2.75) is 13.2 Å². The van der Waals surface area contributed by atoms with Gasteiger partial charge < -0.3 is 10.1 Å². The van der Waals surface area contributed by atoms with Crippen LogP contribution in [-0.4, -0.2) is 11.6 Å². The van der Waals surface area contributed by atoms with Crippen LogP contribution in [0.15, 0.2) is 42.7 Å². The van der Waals surface area contributed by atoms with Crippen molar-refractivity contribution >= 4 is 5.69 Å². The first-order chi connectivity index (χ1) is 9.13. The summed E-state index contributed by atoms with van der Waals surface area (Å²) in [6.07, 6.45) is 2.67. The molecule has 0 aliphatic heterocycles. The first kappa shape index (κ1) is 13.2. The van der Waals surface area contributed by atoms with Gasteiger partial charge in [0.2, 0.25) is 0 Å². The maximum absolute atomic E-state index is 12.9. The van der Waals surface area contributed by atoms with E-state index < -0.39 is 12.4 Å². The lowest BCUT2D eigenvalue weighted by Gasteiger charge is -2.08. The van der Waals surface area contributed by atoms with Crippen molar-refractivity contribution in [3.05, 3.63) is 54.1 Å². The van der Waals surface area contributed by atoms with E-state index in [1.807, 2.05) is 0 Å². The molecule has 1 aromatic carbocycles. The van der Waals surface area contributed by atoms with Gasteiger partial charge in [0, 0.05) is 18.4 Å². The molecule has 0 unspecified atom stereocenters. The van der Waals surface area contributed by atoms with E-state index in [1.54, 1.807) is 18.3 Å². The number of hydrogen-bond acceptors (Lipinski definition) is 3. The number of ether oxygens (including phenoxy) is 1. The highest BCUT2D eigenvalue weighted by atomic mass is 19.3. The Morgan fingerprint density at radius 1 is 1.16 bits per heavy atom. The van der Waals surface area contributed by atoms with Gasteiger partial charge in [-0.25, -0.2) is 4.39 Å². The van der Waals surface area contributed by atoms with Crippen molar-refractivity contribution in [3.63, 3.8) is 0 Å². The molecule has 0 spiro atoms. The summed E-state index contributed by atoms with van der Waals surface area (Å²) >= 11 is 0. The Balaban J connectivity index is 1.93. The van der Waals surface area contributed by atoms with Crippen LogP contribution in [0.25, 0.3) is 0 Å². The molecule has 0 saturated carbocycles. The van der Waals surface area contributed by atoms with Crippen LogP contribution >= 0.6 is 0 Å². The van der Waals surface area contributed by atoms with Gasteiger partial charge in [-0.15, -0.1) is 0 Å². The fourth-order valence-corrected chi connectivity index (χ4v) is 1.51. The van der Waals surface area contributed by atoms with Crippen LogP contribution in [0.5, 0.6) is 5.75 Å². The summed E-state index contributed by atoms with van der Waals surface area (Å²) in [5.41, 5.74) is 1.40. The van der Waals surface area contributed by atoms with E-state index in [0.29, 0.717) is 17.8 Å². The molecule has 0 bridgehead atoms. The molecule has 0 amide bonds. The summed E-state index contributed by atoms with van der Waals surface area (Å²) < 4.78 is 41.0. The zero-order chi connectivity index (χ0) is 13.7. The van der Waals surface area contributed by atoms with Gasteiger partial charge in [0.25, 0.3) is 0 Å². The van der Waals surface area contributed by atoms with Gasteiger partial charge in [0.1, 0.15) is 11.6 Å². The molecule has 1 aromatic heterocycles. The number of anilines is 1. The third kappa shape index (κ3) is 4.17. The number of pyridine rings is 1. The lowest BCUT2D eigenvalue weighted by Crippen LogP contribution is -2.03. The van der Waals surface area contributed by atoms with E-state index in [1.165, 1.54) is 18.2 Å². The zero-order valence-corrected chi connectivity index (χ0v) is 9.82. The van der Waals surface area contributed by atoms with Crippen molar-refractivity contribution in [3.8, 4) is 5.75 Å². The van der Waals surface area contributed by atoms with E-state index in [0.717, 1.165) is 6.20 Å². The zero-order valence-electron chi connectivity index (χ0n) is 9.82. The van der Waals surface area contributed by atoms with Crippen LogP contribution in [0.2, 0.25) is 0 Å². The van der Waals surface area contributed by atoms with Crippen molar-refractivity contribution in [2.75, 3.05) is 5.32 Å². The minimum atomic E-state index is -2.84. The molecule has 100 valence electrons. The van der Waals surface area contributed by atoms with E-state index in [-0.39, 0.29) is 5.75 Å². The average Bonchev–Trinajstić information content (AvgIpc) is 2.37. The van der Waals surface area contributed by atoms with Crippen LogP contribution in [0, 0.1) is 5.82 Å². The summed E-state index contributed by atoms with van der Waals surface area (Å²) in [7, 11) is 0. The lowest BCUT2D eigenvalue weighted by molar-refractivity contribution is -0.0498. The topological polar surface area (TPSA) is 34.2 Å². The molecule has 0 fully saturated rings. The summed E-state index contributed by atoms with van der Waals surface area (Å²) in [6, 6.07) is 7.43. The predicted molar refractivity (Wildman–Crippen MR) is 64.6 cm³/mol. The Bertz CT molecular complexity index is 532. The van der Waals surface area contributed by atoms with Crippen molar-refractivity contribution in [1.29, 1.82) is 0 Å². The van der Waals surface area contributed by atoms with Crippen LogP contribution in [-0.2, 0) is 6.54 Å². The molecular weight excluding hydrogens is 257 g/mol. The SMILES string of the molecule is Fc1cncc(CNc2ccc(OC(F)F)cc2)c1. The van der Waals surface area contributed by atoms with E-state index >= 15 is 0 Å². The molecule has 2 rings (SSSR count). The monoisotopic (exact) mass is 268 g/mol. The first-order valence-corrected chi connectivity index (χ1v) is 5.51. The Morgan fingerprint density at radius 2 is 1.89 bits per heavy atom. The number of benzene rings is 1. The molecule has 1 N–H and O–H groups in total. The van der Waals surface area contributed by atoms with Crippen molar-refractivity contribution in [2.24, 2.45) is 0 Å². The van der Waals surface area contributed by atoms with Gasteiger partial charge in [-0.3, -0.25) is 4.98 Å². The second-order valence-electron chi connectivity index (χ2n) is 3.77. The Labute approximate surface area is 108 Å². The second-order valence-corrected chi connectivity index (χ2v) is 3.77. The number of nitrogens with one attached hydrogen (secondary N) is 1. The summed E-state index contributed by atoms with van der Waals surface area (Å²) in [6.45, 7) is -2.45. The maximum atomic E-state index is 12.9. The molecule has 6 heteroatoms. The predicted octanol–water partition coefficient (Wildman–Crippen LogP) is 3.43. The number of alkyl halides is 2. The third-order valence-electron chi connectivity index (χ3n) is 2.34. The van der Waals surface area contributed by atoms with Gasteiger partial charge in [0.05, 0.1) is 6.20 Å². The fraction of sp³-hybridized carbons (Fsp3) is 0.154. The molecule has 0 radical (unpaired) electrons. The average molecular weight is 268 g/mol. The number of hydrogen-bond donors (Lipinski definition) is 1. The minimum Gasteiger partial charge on any atom is -0.435 e. The number of aromatic nitrogens is 1. The standard InChI is InChI=1S/C13H11F3N2O/c14-10-5-9(6-17-8-10)7-18-11-1-3-12(4-2-11)19-13(15)16/h1-6,8,13,18H,7H2. The Kier molecular flexibility index (Phi) is 4.22. The Hall–Kier alpha value is -2.24. The second kappa shape index (κ2) is 6.08. The van der Waals surface area contributed by atoms with Crippen LogP contribution in [0.1, 0.15) is 5.56 Å². The molecule has 2 aromatic rings. The molecule has 0 saturated heterocycles. The van der Waals surface area contributed by atoms with Gasteiger partial charge in [-0.2, -0.15) is 8.78 Å². The number of nitrogens with zero attached hydrogens (tertiary/aromatic N) is 1. The quantitative estimate of drug-likeness (QED) is 0.902. The minimum absolute atomic E-state index is 0.0907. The van der Waals surface area contributed by atoms with Crippen molar-refractivity contribution in [1.82, 2.24) is 4.98 Å². The number of halogens is 3. The molecule has 3 nitrogen and oxygen atoms in total. The van der Waals surface area contributed by atoms with Gasteiger partial charge in [-0.05, 0) is 35.9 Å². The molecule has 0 aliphatic carbocycles. The van der Waals surface area contributed by atoms with Crippen LogP contribution in [0.4, 0.5) is 18.9 Å². The highest BCUT2D eigenvalue weighted by Gasteiger charge is 2.03. The highest BCUT2D eigenvalue weighted by molar-refractivity contribution is 5.46. The normalized spacial score (nSPS) is 10.5. The highest BCUT2D eigenvalue weighted by Crippen LogP contribution is 2.18. The smallest absolute Gasteiger partial charge is 0.387 e. The summed E-state index contributed by atoms with van der Waals surface area (Å²) in [5.74, 6) is -0.312. The van der Waals surface area contributed by atoms with Crippen molar-refractivity contribution < 1.29 is 17.9 Å². The van der Waals surface area contributed by atoms with Crippen LogP contribution < -0.4 is 10.1 Å². The van der Waals surface area contributed by atoms with Gasteiger partial charge >= 0.3 is 6.61 Å². The fourth-order valence-electron chi connectivity index (χ4n) is 1.51. The van der Waals surface area contributed by atoms with E-state index in [9.17, 15) is 13.2 Å². The summed E-state index contributed by atoms with van der Waals surface area (Å²) in [5, 5.41) is 3.02. The Morgan fingerprint density at radius 3 is 2.53 bits per heavy atom. The molecule has 0 atom stereocenters. The number of rotatable bonds is 5. The van der Waals surface area contributed by atoms with E-state index in [2.05, 4.69) is 15.0 Å². The third-order valence-corrected chi connectivity index (χ3v) is 2.34. The molecule has 19 heavy (non-hydrogen) atoms. The lowest BCUT2D eigenvalue weighted by atomic mass is 10.2. The first-order valence-electron chi connectivity index (χ1n) is 5.51. The van der Waals surface area contributed by atoms with Gasteiger partial charge in [-0.1, -0.05) is 0 Å².